The van der Waals surface area contributed by atoms with Gasteiger partial charge in [-0.05, 0) is 42.3 Å². The van der Waals surface area contributed by atoms with Crippen molar-refractivity contribution in [2.75, 3.05) is 11.1 Å². The molecule has 2 N–H and O–H groups in total. The second kappa shape index (κ2) is 6.37. The SMILES string of the molecule is O=C(Nc1cccnc1)NC1CCSc2ccc(Cl)cc21. The summed E-state index contributed by atoms with van der Waals surface area (Å²) in [7, 11) is 0. The number of rotatable bonds is 2. The number of nitrogens with one attached hydrogen (secondary N) is 2. The number of carbonyl (C=O) groups excluding carboxylic acids is 1. The Morgan fingerprint density at radius 3 is 3.10 bits per heavy atom. The van der Waals surface area contributed by atoms with E-state index in [1.165, 1.54) is 4.90 Å². The molecule has 0 aliphatic carbocycles. The maximum atomic E-state index is 12.1. The number of urea groups is 1. The first-order valence-corrected chi connectivity index (χ1v) is 7.98. The molecule has 1 aliphatic heterocycles. The Morgan fingerprint density at radius 2 is 2.29 bits per heavy atom. The van der Waals surface area contributed by atoms with E-state index in [0.717, 1.165) is 17.7 Å². The fourth-order valence-electron chi connectivity index (χ4n) is 2.28. The van der Waals surface area contributed by atoms with E-state index < -0.39 is 0 Å². The van der Waals surface area contributed by atoms with Crippen molar-refractivity contribution in [1.82, 2.24) is 10.3 Å². The van der Waals surface area contributed by atoms with Crippen molar-refractivity contribution in [2.45, 2.75) is 17.4 Å². The third-order valence-electron chi connectivity index (χ3n) is 3.24. The molecule has 1 aromatic heterocycles. The summed E-state index contributed by atoms with van der Waals surface area (Å²) in [4.78, 5) is 17.2. The maximum Gasteiger partial charge on any atom is 0.319 e. The molecule has 0 fully saturated rings. The number of fused-ring (bicyclic) bond motifs is 1. The Kier molecular flexibility index (Phi) is 4.31. The smallest absolute Gasteiger partial charge is 0.319 e. The number of amides is 2. The molecule has 6 heteroatoms. The first-order valence-electron chi connectivity index (χ1n) is 6.62. The highest BCUT2D eigenvalue weighted by Crippen LogP contribution is 2.37. The number of carbonyl (C=O) groups is 1. The van der Waals surface area contributed by atoms with Crippen LogP contribution in [0.3, 0.4) is 0 Å². The molecule has 2 heterocycles. The van der Waals surface area contributed by atoms with E-state index in [2.05, 4.69) is 15.6 Å². The van der Waals surface area contributed by atoms with Crippen LogP contribution >= 0.6 is 23.4 Å². The highest BCUT2D eigenvalue weighted by atomic mass is 35.5. The summed E-state index contributed by atoms with van der Waals surface area (Å²) < 4.78 is 0. The molecule has 1 aliphatic rings. The summed E-state index contributed by atoms with van der Waals surface area (Å²) in [6, 6.07) is 9.15. The molecule has 0 spiro atoms. The molecule has 108 valence electrons. The molecule has 1 aromatic carbocycles. The van der Waals surface area contributed by atoms with Crippen molar-refractivity contribution >= 4 is 35.1 Å². The van der Waals surface area contributed by atoms with Crippen LogP contribution < -0.4 is 10.6 Å². The largest absolute Gasteiger partial charge is 0.331 e. The quantitative estimate of drug-likeness (QED) is 0.876. The van der Waals surface area contributed by atoms with E-state index in [0.29, 0.717) is 10.7 Å². The van der Waals surface area contributed by atoms with E-state index in [-0.39, 0.29) is 12.1 Å². The average Bonchev–Trinajstić information content (AvgIpc) is 2.49. The molecular formula is C15H14ClN3OS. The Labute approximate surface area is 132 Å². The summed E-state index contributed by atoms with van der Waals surface area (Å²) in [5.74, 6) is 0.979. The Bertz CT molecular complexity index is 651. The fourth-order valence-corrected chi connectivity index (χ4v) is 3.56. The lowest BCUT2D eigenvalue weighted by molar-refractivity contribution is 0.248. The predicted molar refractivity (Wildman–Crippen MR) is 85.9 cm³/mol. The van der Waals surface area contributed by atoms with Crippen LogP contribution in [0.25, 0.3) is 0 Å². The van der Waals surface area contributed by atoms with Gasteiger partial charge in [0.05, 0.1) is 17.9 Å². The van der Waals surface area contributed by atoms with Crippen molar-refractivity contribution in [3.8, 4) is 0 Å². The number of halogens is 1. The summed E-state index contributed by atoms with van der Waals surface area (Å²) in [6.07, 6.45) is 4.17. The number of benzene rings is 1. The second-order valence-electron chi connectivity index (χ2n) is 4.71. The number of aromatic nitrogens is 1. The van der Waals surface area contributed by atoms with Gasteiger partial charge in [-0.1, -0.05) is 11.6 Å². The van der Waals surface area contributed by atoms with Crippen molar-refractivity contribution in [2.24, 2.45) is 0 Å². The maximum absolute atomic E-state index is 12.1. The van der Waals surface area contributed by atoms with E-state index in [9.17, 15) is 4.79 Å². The minimum Gasteiger partial charge on any atom is -0.331 e. The van der Waals surface area contributed by atoms with E-state index in [4.69, 9.17) is 11.6 Å². The van der Waals surface area contributed by atoms with Crippen molar-refractivity contribution in [3.05, 3.63) is 53.3 Å². The summed E-state index contributed by atoms with van der Waals surface area (Å²) in [6.45, 7) is 0. The molecule has 3 rings (SSSR count). The lowest BCUT2D eigenvalue weighted by atomic mass is 10.0. The molecule has 1 atom stereocenters. The molecular weight excluding hydrogens is 306 g/mol. The van der Waals surface area contributed by atoms with Gasteiger partial charge in [0.1, 0.15) is 0 Å². The van der Waals surface area contributed by atoms with E-state index in [1.807, 2.05) is 18.2 Å². The molecule has 2 amide bonds. The molecule has 2 aromatic rings. The van der Waals surface area contributed by atoms with Crippen LogP contribution in [0.15, 0.2) is 47.6 Å². The van der Waals surface area contributed by atoms with Gasteiger partial charge in [0.25, 0.3) is 0 Å². The third-order valence-corrected chi connectivity index (χ3v) is 4.59. The minimum absolute atomic E-state index is 0.0170. The molecule has 0 radical (unpaired) electrons. The van der Waals surface area contributed by atoms with Crippen LogP contribution in [-0.2, 0) is 0 Å². The highest BCUT2D eigenvalue weighted by molar-refractivity contribution is 7.99. The molecule has 1 unspecified atom stereocenters. The van der Waals surface area contributed by atoms with Crippen molar-refractivity contribution in [3.63, 3.8) is 0 Å². The minimum atomic E-state index is -0.231. The average molecular weight is 320 g/mol. The fraction of sp³-hybridized carbons (Fsp3) is 0.200. The van der Waals surface area contributed by atoms with Gasteiger partial charge in [0, 0.05) is 21.9 Å². The summed E-state index contributed by atoms with van der Waals surface area (Å²) in [5.41, 5.74) is 1.76. The second-order valence-corrected chi connectivity index (χ2v) is 6.29. The summed E-state index contributed by atoms with van der Waals surface area (Å²) in [5, 5.41) is 6.47. The third kappa shape index (κ3) is 3.49. The number of hydrogen-bond donors (Lipinski definition) is 2. The molecule has 0 saturated carbocycles. The van der Waals surface area contributed by atoms with Gasteiger partial charge < -0.3 is 10.6 Å². The van der Waals surface area contributed by atoms with Crippen LogP contribution in [-0.4, -0.2) is 16.8 Å². The Balaban J connectivity index is 1.71. The van der Waals surface area contributed by atoms with Crippen LogP contribution in [0.4, 0.5) is 10.5 Å². The number of hydrogen-bond acceptors (Lipinski definition) is 3. The standard InChI is InChI=1S/C15H14ClN3OS/c16-10-3-4-14-12(8-10)13(5-7-21-14)19-15(20)18-11-2-1-6-17-9-11/h1-4,6,8-9,13H,5,7H2,(H2,18,19,20). The lowest BCUT2D eigenvalue weighted by Gasteiger charge is -2.26. The number of pyridine rings is 1. The normalized spacial score (nSPS) is 16.9. The first-order chi connectivity index (χ1) is 10.2. The van der Waals surface area contributed by atoms with Gasteiger partial charge in [0.15, 0.2) is 0 Å². The highest BCUT2D eigenvalue weighted by Gasteiger charge is 2.22. The first kappa shape index (κ1) is 14.2. The zero-order chi connectivity index (χ0) is 14.7. The number of thioether (sulfide) groups is 1. The molecule has 4 nitrogen and oxygen atoms in total. The Hall–Kier alpha value is -1.72. The number of anilines is 1. The van der Waals surface area contributed by atoms with Crippen LogP contribution in [0, 0.1) is 0 Å². The molecule has 0 saturated heterocycles. The molecule has 21 heavy (non-hydrogen) atoms. The lowest BCUT2D eigenvalue weighted by Crippen LogP contribution is -2.34. The topological polar surface area (TPSA) is 54.0 Å². The van der Waals surface area contributed by atoms with Gasteiger partial charge in [-0.25, -0.2) is 4.79 Å². The molecule has 0 bridgehead atoms. The van der Waals surface area contributed by atoms with Crippen LogP contribution in [0.2, 0.25) is 5.02 Å². The van der Waals surface area contributed by atoms with E-state index >= 15 is 0 Å². The van der Waals surface area contributed by atoms with Crippen molar-refractivity contribution < 1.29 is 4.79 Å². The van der Waals surface area contributed by atoms with Gasteiger partial charge in [-0.3, -0.25) is 4.98 Å². The van der Waals surface area contributed by atoms with Crippen LogP contribution in [0.1, 0.15) is 18.0 Å². The van der Waals surface area contributed by atoms with Gasteiger partial charge in [-0.15, -0.1) is 11.8 Å². The van der Waals surface area contributed by atoms with E-state index in [1.54, 1.807) is 36.3 Å². The zero-order valence-electron chi connectivity index (χ0n) is 11.2. The van der Waals surface area contributed by atoms with Crippen molar-refractivity contribution in [1.29, 1.82) is 0 Å². The monoisotopic (exact) mass is 319 g/mol. The van der Waals surface area contributed by atoms with Gasteiger partial charge in [0.2, 0.25) is 0 Å². The number of nitrogens with zero attached hydrogens (tertiary/aromatic N) is 1. The van der Waals surface area contributed by atoms with Gasteiger partial charge >= 0.3 is 6.03 Å². The Morgan fingerprint density at radius 1 is 1.38 bits per heavy atom. The van der Waals surface area contributed by atoms with Gasteiger partial charge in [-0.2, -0.15) is 0 Å². The summed E-state index contributed by atoms with van der Waals surface area (Å²) >= 11 is 7.85. The van der Waals surface area contributed by atoms with Crippen LogP contribution in [0.5, 0.6) is 0 Å². The predicted octanol–water partition coefficient (Wildman–Crippen LogP) is 4.09. The zero-order valence-corrected chi connectivity index (χ0v) is 12.7.